The Hall–Kier alpha value is -2.02. The number of piperidine rings is 1. The number of carbonyl (C=O) groups is 2. The second-order valence-corrected chi connectivity index (χ2v) is 8.53. The molecule has 0 aromatic heterocycles. The van der Waals surface area contributed by atoms with Crippen LogP contribution < -0.4 is 15.5 Å². The van der Waals surface area contributed by atoms with E-state index in [1.54, 1.807) is 16.7 Å². The number of primary amides is 1. The molecule has 0 aliphatic carbocycles. The minimum absolute atomic E-state index is 0.0405. The van der Waals surface area contributed by atoms with E-state index in [1.807, 2.05) is 42.5 Å². The summed E-state index contributed by atoms with van der Waals surface area (Å²) in [6, 6.07) is 13.6. The van der Waals surface area contributed by atoms with Crippen molar-refractivity contribution in [3.8, 4) is 0 Å². The molecule has 2 aromatic carbocycles. The van der Waals surface area contributed by atoms with Gasteiger partial charge in [0.2, 0.25) is 5.91 Å². The van der Waals surface area contributed by atoms with Gasteiger partial charge >= 0.3 is 0 Å². The lowest BCUT2D eigenvalue weighted by Gasteiger charge is -2.33. The van der Waals surface area contributed by atoms with Crippen LogP contribution in [0.1, 0.15) is 12.8 Å². The maximum Gasteiger partial charge on any atom is 0.286 e. The highest BCUT2D eigenvalue weighted by Crippen LogP contribution is 2.48. The van der Waals surface area contributed by atoms with Gasteiger partial charge < -0.3 is 10.6 Å². The third-order valence-electron chi connectivity index (χ3n) is 5.23. The summed E-state index contributed by atoms with van der Waals surface area (Å²) >= 11 is 7.87. The number of likely N-dealkylation sites (tertiary alicyclic amines) is 1. The number of quaternary nitrogens is 1. The van der Waals surface area contributed by atoms with Crippen molar-refractivity contribution < 1.29 is 14.5 Å². The van der Waals surface area contributed by atoms with E-state index >= 15 is 0 Å². The monoisotopic (exact) mass is 402 g/mol. The van der Waals surface area contributed by atoms with Crippen molar-refractivity contribution >= 4 is 46.6 Å². The fourth-order valence-corrected chi connectivity index (χ4v) is 4.98. The Morgan fingerprint density at radius 2 is 1.81 bits per heavy atom. The number of fused-ring (bicyclic) bond motifs is 2. The Bertz CT molecular complexity index is 897. The summed E-state index contributed by atoms with van der Waals surface area (Å²) in [5, 5.41) is 0.612. The smallest absolute Gasteiger partial charge is 0.286 e. The Kier molecular flexibility index (Phi) is 5.12. The molecule has 2 aliphatic heterocycles. The number of rotatable bonds is 3. The van der Waals surface area contributed by atoms with Crippen molar-refractivity contribution in [2.24, 2.45) is 11.7 Å². The maximum absolute atomic E-state index is 13.3. The lowest BCUT2D eigenvalue weighted by Crippen LogP contribution is -3.14. The molecule has 0 unspecified atom stereocenters. The molecule has 2 amide bonds. The number of nitrogens with two attached hydrogens (primary N) is 1. The average molecular weight is 403 g/mol. The first-order valence-electron chi connectivity index (χ1n) is 9.05. The molecule has 0 spiro atoms. The summed E-state index contributed by atoms with van der Waals surface area (Å²) in [6.45, 7) is 1.95. The van der Waals surface area contributed by atoms with Crippen LogP contribution in [0.2, 0.25) is 5.02 Å². The Labute approximate surface area is 167 Å². The zero-order chi connectivity index (χ0) is 19.0. The lowest BCUT2D eigenvalue weighted by atomic mass is 9.96. The van der Waals surface area contributed by atoms with Gasteiger partial charge in [-0.2, -0.15) is 0 Å². The van der Waals surface area contributed by atoms with Crippen molar-refractivity contribution in [1.29, 1.82) is 0 Å². The first kappa shape index (κ1) is 18.3. The van der Waals surface area contributed by atoms with E-state index in [4.69, 9.17) is 17.3 Å². The molecule has 27 heavy (non-hydrogen) atoms. The standard InChI is InChI=1S/C20H20ClN3O2S/c21-14-5-6-18-16(11-14)24(15-3-1-2-4-17(15)27-18)19(25)12-23-9-7-13(8-10-23)20(22)26/h1-6,11,13H,7-10,12H2,(H2,22,26)/p+1. The molecule has 4 rings (SSSR count). The van der Waals surface area contributed by atoms with E-state index in [9.17, 15) is 9.59 Å². The topological polar surface area (TPSA) is 67.8 Å². The number of halogens is 1. The van der Waals surface area contributed by atoms with Crippen molar-refractivity contribution in [3.63, 3.8) is 0 Å². The first-order valence-corrected chi connectivity index (χ1v) is 10.2. The van der Waals surface area contributed by atoms with Gasteiger partial charge in [-0.1, -0.05) is 35.5 Å². The highest BCUT2D eigenvalue weighted by atomic mass is 35.5. The van der Waals surface area contributed by atoms with Gasteiger partial charge in [-0.15, -0.1) is 0 Å². The minimum atomic E-state index is -0.231. The van der Waals surface area contributed by atoms with Crippen LogP contribution in [0.3, 0.4) is 0 Å². The number of anilines is 2. The predicted octanol–water partition coefficient (Wildman–Crippen LogP) is 2.25. The number of carbonyl (C=O) groups excluding carboxylic acids is 2. The minimum Gasteiger partial charge on any atom is -0.369 e. The van der Waals surface area contributed by atoms with Gasteiger partial charge in [-0.05, 0) is 30.3 Å². The van der Waals surface area contributed by atoms with Gasteiger partial charge in [0.05, 0.1) is 24.5 Å². The van der Waals surface area contributed by atoms with Crippen LogP contribution in [0.4, 0.5) is 11.4 Å². The molecule has 0 bridgehead atoms. The van der Waals surface area contributed by atoms with Crippen LogP contribution >= 0.6 is 23.4 Å². The highest BCUT2D eigenvalue weighted by molar-refractivity contribution is 7.99. The summed E-state index contributed by atoms with van der Waals surface area (Å²) in [6.07, 6.45) is 1.49. The van der Waals surface area contributed by atoms with Crippen molar-refractivity contribution in [2.45, 2.75) is 22.6 Å². The van der Waals surface area contributed by atoms with E-state index in [-0.39, 0.29) is 17.7 Å². The Morgan fingerprint density at radius 3 is 2.56 bits per heavy atom. The molecule has 1 fully saturated rings. The fourth-order valence-electron chi connectivity index (χ4n) is 3.78. The second-order valence-electron chi connectivity index (χ2n) is 7.01. The molecular formula is C20H21ClN3O2S+. The molecule has 7 heteroatoms. The first-order chi connectivity index (χ1) is 13.0. The maximum atomic E-state index is 13.3. The normalized spacial score (nSPS) is 21.3. The number of hydrogen-bond donors (Lipinski definition) is 2. The molecule has 140 valence electrons. The van der Waals surface area contributed by atoms with Gasteiger partial charge in [-0.25, -0.2) is 0 Å². The van der Waals surface area contributed by atoms with Gasteiger partial charge in [-0.3, -0.25) is 14.5 Å². The van der Waals surface area contributed by atoms with Crippen LogP contribution in [0.5, 0.6) is 0 Å². The van der Waals surface area contributed by atoms with Crippen molar-refractivity contribution in [1.82, 2.24) is 0 Å². The largest absolute Gasteiger partial charge is 0.369 e. The number of nitrogens with zero attached hydrogens (tertiary/aromatic N) is 1. The molecule has 3 N–H and O–H groups in total. The van der Waals surface area contributed by atoms with Crippen molar-refractivity contribution in [2.75, 3.05) is 24.5 Å². The van der Waals surface area contributed by atoms with Crippen LogP contribution in [0, 0.1) is 5.92 Å². The third kappa shape index (κ3) is 3.70. The molecule has 5 nitrogen and oxygen atoms in total. The predicted molar refractivity (Wildman–Crippen MR) is 107 cm³/mol. The number of amides is 2. The zero-order valence-electron chi connectivity index (χ0n) is 14.8. The van der Waals surface area contributed by atoms with Gasteiger partial charge in [0.15, 0.2) is 6.54 Å². The number of benzene rings is 2. The summed E-state index contributed by atoms with van der Waals surface area (Å²) in [7, 11) is 0. The van der Waals surface area contributed by atoms with E-state index in [0.29, 0.717) is 11.6 Å². The third-order valence-corrected chi connectivity index (χ3v) is 6.60. The Balaban J connectivity index is 1.58. The second kappa shape index (κ2) is 7.54. The van der Waals surface area contributed by atoms with Crippen molar-refractivity contribution in [3.05, 3.63) is 47.5 Å². The highest BCUT2D eigenvalue weighted by Gasteiger charge is 2.32. The summed E-state index contributed by atoms with van der Waals surface area (Å²) in [5.41, 5.74) is 7.15. The van der Waals surface area contributed by atoms with E-state index in [2.05, 4.69) is 0 Å². The summed E-state index contributed by atoms with van der Waals surface area (Å²) in [5.74, 6) is -0.250. The Morgan fingerprint density at radius 1 is 1.11 bits per heavy atom. The van der Waals surface area contributed by atoms with E-state index in [1.165, 1.54) is 4.90 Å². The van der Waals surface area contributed by atoms with Gasteiger partial charge in [0.1, 0.15) is 0 Å². The molecule has 0 saturated carbocycles. The van der Waals surface area contributed by atoms with Crippen LogP contribution in [0.15, 0.2) is 52.3 Å². The molecule has 2 aliphatic rings. The number of nitrogens with one attached hydrogen (secondary N) is 1. The molecule has 0 atom stereocenters. The van der Waals surface area contributed by atoms with Gasteiger partial charge in [0, 0.05) is 33.6 Å². The quantitative estimate of drug-likeness (QED) is 0.827. The molecule has 2 heterocycles. The van der Waals surface area contributed by atoms with E-state index < -0.39 is 0 Å². The van der Waals surface area contributed by atoms with Gasteiger partial charge in [0.25, 0.3) is 5.91 Å². The molecule has 0 radical (unpaired) electrons. The van der Waals surface area contributed by atoms with Crippen LogP contribution in [-0.2, 0) is 9.59 Å². The zero-order valence-corrected chi connectivity index (χ0v) is 16.4. The lowest BCUT2D eigenvalue weighted by molar-refractivity contribution is -0.897. The summed E-state index contributed by atoms with van der Waals surface area (Å²) < 4.78 is 0. The summed E-state index contributed by atoms with van der Waals surface area (Å²) in [4.78, 5) is 29.7. The average Bonchev–Trinajstić information content (AvgIpc) is 2.66. The van der Waals surface area contributed by atoms with Crippen LogP contribution in [0.25, 0.3) is 0 Å². The van der Waals surface area contributed by atoms with Crippen LogP contribution in [-0.4, -0.2) is 31.4 Å². The molecule has 1 saturated heterocycles. The molecule has 2 aromatic rings. The number of hydrogen-bond acceptors (Lipinski definition) is 3. The SMILES string of the molecule is NC(=O)C1CC[NH+](CC(=O)N2c3ccccc3Sc3ccc(Cl)cc32)CC1. The number of para-hydroxylation sites is 1. The molecular weight excluding hydrogens is 382 g/mol. The van der Waals surface area contributed by atoms with E-state index in [0.717, 1.165) is 47.1 Å². The fraction of sp³-hybridized carbons (Fsp3) is 0.300.